The number of nitrogens with zero attached hydrogens (tertiary/aromatic N) is 1. The van der Waals surface area contributed by atoms with Gasteiger partial charge in [0.1, 0.15) is 0 Å². The van der Waals surface area contributed by atoms with Gasteiger partial charge in [-0.1, -0.05) is 20.8 Å². The number of aromatic nitrogens is 1. The lowest BCUT2D eigenvalue weighted by Gasteiger charge is -2.20. The number of hydrogen-bond acceptors (Lipinski definition) is 1. The van der Waals surface area contributed by atoms with Crippen molar-refractivity contribution in [1.82, 2.24) is 4.98 Å². The van der Waals surface area contributed by atoms with Crippen molar-refractivity contribution in [3.05, 3.63) is 22.5 Å². The second kappa shape index (κ2) is 3.75. The summed E-state index contributed by atoms with van der Waals surface area (Å²) in [5.74, 6) is 0. The maximum absolute atomic E-state index is 12.5. The molecule has 1 heterocycles. The van der Waals surface area contributed by atoms with Crippen LogP contribution >= 0.6 is 8.19 Å². The molecule has 0 aliphatic rings. The largest absolute Gasteiger partial charge is 0.437 e. The maximum atomic E-state index is 12.5. The fourth-order valence-electron chi connectivity index (χ4n) is 1.08. The molecule has 0 radical (unpaired) electrons. The standard InChI is InChI=1S/C10H13F3NP/c1-6-5-7(9(2,3)4)15-8(14-6)10(11,12)13/h5H,1-4H3. The highest BCUT2D eigenvalue weighted by molar-refractivity contribution is 7.31. The van der Waals surface area contributed by atoms with Gasteiger partial charge in [0, 0.05) is 5.69 Å². The maximum Gasteiger partial charge on any atom is 0.437 e. The van der Waals surface area contributed by atoms with E-state index in [4.69, 9.17) is 0 Å². The zero-order valence-electron chi connectivity index (χ0n) is 9.11. The van der Waals surface area contributed by atoms with Crippen molar-refractivity contribution in [3.8, 4) is 0 Å². The van der Waals surface area contributed by atoms with Crippen molar-refractivity contribution in [2.75, 3.05) is 0 Å². The van der Waals surface area contributed by atoms with E-state index in [1.165, 1.54) is 0 Å². The Morgan fingerprint density at radius 2 is 1.73 bits per heavy atom. The molecular weight excluding hydrogens is 222 g/mol. The summed E-state index contributed by atoms with van der Waals surface area (Å²) >= 11 is 0. The molecule has 1 rings (SSSR count). The Morgan fingerprint density at radius 3 is 2.13 bits per heavy atom. The highest BCUT2D eigenvalue weighted by Crippen LogP contribution is 2.39. The third-order valence-electron chi connectivity index (χ3n) is 1.88. The molecule has 1 aromatic rings. The predicted molar refractivity (Wildman–Crippen MR) is 55.2 cm³/mol. The lowest BCUT2D eigenvalue weighted by molar-refractivity contribution is -0.137. The van der Waals surface area contributed by atoms with E-state index in [-0.39, 0.29) is 13.6 Å². The van der Waals surface area contributed by atoms with Gasteiger partial charge in [0.2, 0.25) is 0 Å². The third-order valence-corrected chi connectivity index (χ3v) is 3.48. The van der Waals surface area contributed by atoms with Gasteiger partial charge in [0.15, 0.2) is 5.43 Å². The Balaban J connectivity index is 3.30. The number of hydrogen-bond donors (Lipinski definition) is 0. The summed E-state index contributed by atoms with van der Waals surface area (Å²) in [5, 5.41) is 0.752. The molecule has 0 bridgehead atoms. The van der Waals surface area contributed by atoms with E-state index in [0.29, 0.717) is 5.69 Å². The molecule has 15 heavy (non-hydrogen) atoms. The van der Waals surface area contributed by atoms with Gasteiger partial charge in [-0.25, -0.2) is 4.98 Å². The molecule has 0 unspecified atom stereocenters. The number of alkyl halides is 3. The van der Waals surface area contributed by atoms with E-state index in [2.05, 4.69) is 4.98 Å². The third kappa shape index (κ3) is 3.16. The summed E-state index contributed by atoms with van der Waals surface area (Å²) in [5.41, 5.74) is -0.548. The fraction of sp³-hybridized carbons (Fsp3) is 0.600. The summed E-state index contributed by atoms with van der Waals surface area (Å²) in [7, 11) is 0.176. The Kier molecular flexibility index (Phi) is 3.11. The van der Waals surface area contributed by atoms with Crippen LogP contribution in [0.1, 0.15) is 37.2 Å². The van der Waals surface area contributed by atoms with E-state index in [1.807, 2.05) is 20.8 Å². The second-order valence-electron chi connectivity index (χ2n) is 4.47. The first kappa shape index (κ1) is 12.4. The summed E-state index contributed by atoms with van der Waals surface area (Å²) in [6.07, 6.45) is -4.33. The number of rotatable bonds is 0. The molecular formula is C10H13F3NP. The minimum atomic E-state index is -4.33. The van der Waals surface area contributed by atoms with Gasteiger partial charge in [-0.05, 0) is 31.9 Å². The molecule has 0 saturated heterocycles. The van der Waals surface area contributed by atoms with E-state index in [9.17, 15) is 13.2 Å². The van der Waals surface area contributed by atoms with Gasteiger partial charge in [0.25, 0.3) is 0 Å². The van der Waals surface area contributed by atoms with Crippen LogP contribution in [0.3, 0.4) is 0 Å². The smallest absolute Gasteiger partial charge is 0.244 e. The van der Waals surface area contributed by atoms with E-state index < -0.39 is 11.6 Å². The fourth-order valence-corrected chi connectivity index (χ4v) is 2.23. The van der Waals surface area contributed by atoms with E-state index in [1.54, 1.807) is 13.0 Å². The van der Waals surface area contributed by atoms with Crippen LogP contribution in [0, 0.1) is 6.92 Å². The molecule has 84 valence electrons. The molecule has 0 amide bonds. The van der Waals surface area contributed by atoms with E-state index in [0.717, 1.165) is 5.30 Å². The molecule has 0 fully saturated rings. The molecule has 5 heteroatoms. The van der Waals surface area contributed by atoms with Crippen LogP contribution in [0.2, 0.25) is 0 Å². The Labute approximate surface area is 88.8 Å². The highest BCUT2D eigenvalue weighted by Gasteiger charge is 2.34. The quantitative estimate of drug-likeness (QED) is 0.653. The van der Waals surface area contributed by atoms with Gasteiger partial charge in [0.05, 0.1) is 0 Å². The molecule has 0 atom stereocenters. The first-order chi connectivity index (χ1) is 6.60. The molecule has 0 spiro atoms. The minimum absolute atomic E-state index is 0.176. The van der Waals surface area contributed by atoms with Crippen molar-refractivity contribution >= 4 is 8.19 Å². The Hall–Kier alpha value is -0.630. The average molecular weight is 235 g/mol. The topological polar surface area (TPSA) is 12.9 Å². The van der Waals surface area contributed by atoms with Crippen LogP contribution in [-0.4, -0.2) is 4.98 Å². The van der Waals surface area contributed by atoms with Crippen molar-refractivity contribution < 1.29 is 13.2 Å². The first-order valence-electron chi connectivity index (χ1n) is 4.54. The van der Waals surface area contributed by atoms with Crippen LogP contribution in [-0.2, 0) is 11.6 Å². The second-order valence-corrected chi connectivity index (χ2v) is 5.59. The van der Waals surface area contributed by atoms with Gasteiger partial charge < -0.3 is 0 Å². The van der Waals surface area contributed by atoms with Crippen LogP contribution in [0.5, 0.6) is 0 Å². The minimum Gasteiger partial charge on any atom is -0.244 e. The normalized spacial score (nSPS) is 13.5. The molecule has 1 nitrogen and oxygen atoms in total. The van der Waals surface area contributed by atoms with Crippen LogP contribution in [0.15, 0.2) is 6.07 Å². The van der Waals surface area contributed by atoms with Crippen molar-refractivity contribution in [3.63, 3.8) is 0 Å². The average Bonchev–Trinajstić information content (AvgIpc) is 1.99. The lowest BCUT2D eigenvalue weighted by Crippen LogP contribution is -2.13. The summed E-state index contributed by atoms with van der Waals surface area (Å²) in [6, 6.07) is 1.73. The molecule has 0 N–H and O–H groups in total. The monoisotopic (exact) mass is 235 g/mol. The van der Waals surface area contributed by atoms with Crippen LogP contribution in [0.25, 0.3) is 0 Å². The first-order valence-corrected chi connectivity index (χ1v) is 5.43. The van der Waals surface area contributed by atoms with Gasteiger partial charge in [-0.15, -0.1) is 0 Å². The van der Waals surface area contributed by atoms with Gasteiger partial charge >= 0.3 is 6.18 Å². The molecule has 0 aromatic carbocycles. The van der Waals surface area contributed by atoms with Crippen LogP contribution in [0.4, 0.5) is 13.2 Å². The Bertz CT molecular complexity index is 334. The van der Waals surface area contributed by atoms with Crippen molar-refractivity contribution in [1.29, 1.82) is 0 Å². The highest BCUT2D eigenvalue weighted by atomic mass is 31.0. The number of halogens is 3. The molecule has 0 saturated carbocycles. The predicted octanol–water partition coefficient (Wildman–Crippen LogP) is 4.29. The molecule has 0 aliphatic heterocycles. The van der Waals surface area contributed by atoms with Gasteiger partial charge in [-0.2, -0.15) is 13.2 Å². The zero-order valence-corrected chi connectivity index (χ0v) is 10.0. The summed E-state index contributed by atoms with van der Waals surface area (Å²) in [4.78, 5) is 3.54. The van der Waals surface area contributed by atoms with Crippen molar-refractivity contribution in [2.24, 2.45) is 0 Å². The SMILES string of the molecule is Cc1cc(C(C)(C)C)pc(C(F)(F)F)n1. The summed E-state index contributed by atoms with van der Waals surface area (Å²) in [6.45, 7) is 7.29. The molecule has 1 aromatic heterocycles. The van der Waals surface area contributed by atoms with Crippen molar-refractivity contribution in [2.45, 2.75) is 39.3 Å². The number of aryl methyl sites for hydroxylation is 1. The Morgan fingerprint density at radius 1 is 1.20 bits per heavy atom. The van der Waals surface area contributed by atoms with Gasteiger partial charge in [-0.3, -0.25) is 0 Å². The zero-order chi connectivity index (χ0) is 11.9. The van der Waals surface area contributed by atoms with E-state index >= 15 is 0 Å². The molecule has 0 aliphatic carbocycles. The lowest BCUT2D eigenvalue weighted by atomic mass is 9.94. The van der Waals surface area contributed by atoms with Crippen LogP contribution < -0.4 is 0 Å². The summed E-state index contributed by atoms with van der Waals surface area (Å²) < 4.78 is 37.5.